The topological polar surface area (TPSA) is 51.6 Å². The summed E-state index contributed by atoms with van der Waals surface area (Å²) in [6.45, 7) is 4.17. The van der Waals surface area contributed by atoms with Crippen LogP contribution in [0.4, 0.5) is 0 Å². The number of nitrogens with zero attached hydrogens (tertiary/aromatic N) is 4. The van der Waals surface area contributed by atoms with Crippen LogP contribution >= 0.6 is 0 Å². The molecule has 2 aliphatic rings. The zero-order valence-electron chi connectivity index (χ0n) is 29.4. The van der Waals surface area contributed by atoms with Gasteiger partial charge in [0.2, 0.25) is 0 Å². The fourth-order valence-corrected chi connectivity index (χ4v) is 8.19. The van der Waals surface area contributed by atoms with Gasteiger partial charge in [-0.15, -0.1) is 0 Å². The van der Waals surface area contributed by atoms with Crippen molar-refractivity contribution in [2.24, 2.45) is 0 Å². The number of aromatic nitrogens is 4. The average Bonchev–Trinajstić information content (AvgIpc) is 3.19. The Morgan fingerprint density at radius 1 is 0.400 bits per heavy atom. The Hall–Kier alpha value is -4.96. The van der Waals surface area contributed by atoms with E-state index < -0.39 is 0 Å². The summed E-state index contributed by atoms with van der Waals surface area (Å²) in [5, 5.41) is 0. The standard InChI is InChI=1S/C46H46N4/c1-31-23-24-43(32(2)47-31)41-28-40(39-26-37(33-15-7-3-8-16-33)25-38(27-39)34-17-9-4-10-18-34)29-42(30-41)46-49-44(35-19-11-5-12-20-35)48-45(50-46)36-21-13-6-14-22-36/h5-6,11-14,19-30,33-34H,3-4,7-10,15-18H2,1-2H3. The zero-order chi connectivity index (χ0) is 33.9. The number of rotatable bonds is 7. The Morgan fingerprint density at radius 2 is 0.860 bits per heavy atom. The third kappa shape index (κ3) is 7.03. The van der Waals surface area contributed by atoms with Crippen LogP contribution in [0.15, 0.2) is 109 Å². The van der Waals surface area contributed by atoms with Gasteiger partial charge in [-0.2, -0.15) is 0 Å². The van der Waals surface area contributed by atoms with E-state index in [2.05, 4.69) is 86.6 Å². The normalized spacial score (nSPS) is 15.6. The second-order valence-electron chi connectivity index (χ2n) is 14.5. The largest absolute Gasteiger partial charge is 0.258 e. The van der Waals surface area contributed by atoms with E-state index in [-0.39, 0.29) is 0 Å². The minimum atomic E-state index is 0.641. The molecule has 0 bridgehead atoms. The first-order chi connectivity index (χ1) is 24.6. The van der Waals surface area contributed by atoms with E-state index in [1.165, 1.54) is 86.5 Å². The van der Waals surface area contributed by atoms with Gasteiger partial charge in [-0.1, -0.05) is 123 Å². The quantitative estimate of drug-likeness (QED) is 0.172. The summed E-state index contributed by atoms with van der Waals surface area (Å²) in [6.07, 6.45) is 13.2. The smallest absolute Gasteiger partial charge is 0.164 e. The van der Waals surface area contributed by atoms with Gasteiger partial charge in [0, 0.05) is 33.6 Å². The van der Waals surface area contributed by atoms with Gasteiger partial charge < -0.3 is 0 Å². The van der Waals surface area contributed by atoms with E-state index in [0.717, 1.165) is 39.2 Å². The Kier molecular flexibility index (Phi) is 9.35. The molecule has 0 amide bonds. The van der Waals surface area contributed by atoms with Crippen molar-refractivity contribution in [1.82, 2.24) is 19.9 Å². The molecule has 0 atom stereocenters. The summed E-state index contributed by atoms with van der Waals surface area (Å²) < 4.78 is 0. The summed E-state index contributed by atoms with van der Waals surface area (Å²) in [5.41, 5.74) is 12.8. The monoisotopic (exact) mass is 654 g/mol. The molecular weight excluding hydrogens is 609 g/mol. The number of benzene rings is 4. The van der Waals surface area contributed by atoms with E-state index in [0.29, 0.717) is 29.3 Å². The fraction of sp³-hybridized carbons (Fsp3) is 0.304. The first-order valence-corrected chi connectivity index (χ1v) is 18.7. The molecule has 2 aliphatic carbocycles. The van der Waals surface area contributed by atoms with Crippen molar-refractivity contribution in [1.29, 1.82) is 0 Å². The van der Waals surface area contributed by atoms with Crippen LogP contribution in [0.3, 0.4) is 0 Å². The highest BCUT2D eigenvalue weighted by Crippen LogP contribution is 2.41. The van der Waals surface area contributed by atoms with E-state index in [1.807, 2.05) is 36.4 Å². The molecule has 0 radical (unpaired) electrons. The van der Waals surface area contributed by atoms with Gasteiger partial charge >= 0.3 is 0 Å². The molecule has 4 nitrogen and oxygen atoms in total. The van der Waals surface area contributed by atoms with Crippen LogP contribution in [0, 0.1) is 13.8 Å². The highest BCUT2D eigenvalue weighted by Gasteiger charge is 2.22. The van der Waals surface area contributed by atoms with Crippen molar-refractivity contribution < 1.29 is 0 Å². The highest BCUT2D eigenvalue weighted by molar-refractivity contribution is 5.81. The van der Waals surface area contributed by atoms with Crippen molar-refractivity contribution in [3.8, 4) is 56.4 Å². The molecule has 6 aromatic rings. The molecule has 0 saturated heterocycles. The van der Waals surface area contributed by atoms with Crippen LogP contribution in [-0.2, 0) is 0 Å². The summed E-state index contributed by atoms with van der Waals surface area (Å²) in [5.74, 6) is 3.31. The maximum Gasteiger partial charge on any atom is 0.164 e. The van der Waals surface area contributed by atoms with Crippen molar-refractivity contribution in [3.05, 3.63) is 132 Å². The van der Waals surface area contributed by atoms with E-state index in [4.69, 9.17) is 19.9 Å². The summed E-state index contributed by atoms with van der Waals surface area (Å²) >= 11 is 0. The van der Waals surface area contributed by atoms with Crippen LogP contribution in [0.25, 0.3) is 56.4 Å². The first-order valence-electron chi connectivity index (χ1n) is 18.7. The molecule has 2 saturated carbocycles. The highest BCUT2D eigenvalue weighted by atomic mass is 15.0. The Morgan fingerprint density at radius 3 is 1.38 bits per heavy atom. The summed E-state index contributed by atoms with van der Waals surface area (Å²) in [4.78, 5) is 20.1. The van der Waals surface area contributed by atoms with Crippen LogP contribution in [0.2, 0.25) is 0 Å². The average molecular weight is 655 g/mol. The zero-order valence-corrected chi connectivity index (χ0v) is 29.4. The van der Waals surface area contributed by atoms with E-state index in [9.17, 15) is 0 Å². The fourth-order valence-electron chi connectivity index (χ4n) is 8.19. The molecule has 0 spiro atoms. The Labute approximate surface area is 297 Å². The predicted octanol–water partition coefficient (Wildman–Crippen LogP) is 12.3. The van der Waals surface area contributed by atoms with Crippen LogP contribution < -0.4 is 0 Å². The van der Waals surface area contributed by atoms with Crippen LogP contribution in [0.5, 0.6) is 0 Å². The minimum Gasteiger partial charge on any atom is -0.258 e. The second-order valence-corrected chi connectivity index (χ2v) is 14.5. The summed E-state index contributed by atoms with van der Waals surface area (Å²) in [7, 11) is 0. The maximum atomic E-state index is 5.15. The third-order valence-corrected chi connectivity index (χ3v) is 10.9. The van der Waals surface area contributed by atoms with Gasteiger partial charge in [-0.05, 0) is 103 Å². The predicted molar refractivity (Wildman–Crippen MR) is 206 cm³/mol. The van der Waals surface area contributed by atoms with E-state index in [1.54, 1.807) is 0 Å². The lowest BCUT2D eigenvalue weighted by atomic mass is 9.78. The SMILES string of the molecule is Cc1ccc(-c2cc(-c3cc(C4CCCCC4)cc(C4CCCCC4)c3)cc(-c3nc(-c4ccccc4)nc(-c4ccccc4)n3)c2)c(C)n1. The van der Waals surface area contributed by atoms with Crippen LogP contribution in [-0.4, -0.2) is 19.9 Å². The number of pyridine rings is 1. The lowest BCUT2D eigenvalue weighted by molar-refractivity contribution is 0.435. The lowest BCUT2D eigenvalue weighted by Crippen LogP contribution is -2.08. The molecule has 0 N–H and O–H groups in total. The first kappa shape index (κ1) is 32.3. The lowest BCUT2D eigenvalue weighted by Gasteiger charge is -2.27. The number of aryl methyl sites for hydroxylation is 2. The molecule has 250 valence electrons. The van der Waals surface area contributed by atoms with Crippen molar-refractivity contribution in [2.75, 3.05) is 0 Å². The van der Waals surface area contributed by atoms with Gasteiger partial charge in [-0.25, -0.2) is 15.0 Å². The molecule has 2 fully saturated rings. The van der Waals surface area contributed by atoms with E-state index >= 15 is 0 Å². The van der Waals surface area contributed by atoms with Crippen molar-refractivity contribution in [3.63, 3.8) is 0 Å². The molecular formula is C46H46N4. The van der Waals surface area contributed by atoms with Gasteiger partial charge in [-0.3, -0.25) is 4.98 Å². The van der Waals surface area contributed by atoms with Crippen LogP contribution in [0.1, 0.15) is 98.6 Å². The van der Waals surface area contributed by atoms with Gasteiger partial charge in [0.1, 0.15) is 0 Å². The number of hydrogen-bond acceptors (Lipinski definition) is 4. The minimum absolute atomic E-state index is 0.641. The molecule has 2 heterocycles. The second kappa shape index (κ2) is 14.5. The van der Waals surface area contributed by atoms with Gasteiger partial charge in [0.05, 0.1) is 0 Å². The number of hydrogen-bond donors (Lipinski definition) is 0. The molecule has 4 aromatic carbocycles. The van der Waals surface area contributed by atoms with Gasteiger partial charge in [0.15, 0.2) is 17.5 Å². The molecule has 4 heteroatoms. The molecule has 8 rings (SSSR count). The summed E-state index contributed by atoms with van der Waals surface area (Å²) in [6, 6.07) is 39.3. The maximum absolute atomic E-state index is 5.15. The molecule has 0 unspecified atom stereocenters. The third-order valence-electron chi connectivity index (χ3n) is 10.9. The van der Waals surface area contributed by atoms with Gasteiger partial charge in [0.25, 0.3) is 0 Å². The van der Waals surface area contributed by atoms with Crippen molar-refractivity contribution in [2.45, 2.75) is 89.9 Å². The molecule has 50 heavy (non-hydrogen) atoms. The van der Waals surface area contributed by atoms with Crippen molar-refractivity contribution >= 4 is 0 Å². The molecule has 0 aliphatic heterocycles. The molecule has 2 aromatic heterocycles. The Balaban J connectivity index is 1.34. The Bertz CT molecular complexity index is 2000.